The van der Waals surface area contributed by atoms with Gasteiger partial charge in [0.05, 0.1) is 20.6 Å². The third-order valence-corrected chi connectivity index (χ3v) is 3.96. The van der Waals surface area contributed by atoms with Crippen LogP contribution in [0.4, 0.5) is 11.4 Å². The molecule has 1 fully saturated rings. The van der Waals surface area contributed by atoms with Crippen molar-refractivity contribution < 1.29 is 7.54 Å². The van der Waals surface area contributed by atoms with Crippen molar-refractivity contribution in [1.82, 2.24) is 5.32 Å². The monoisotopic (exact) mass is 311 g/mol. The maximum Gasteiger partial charge on any atom is 0.243 e. The number of fused-ring (bicyclic) bond motifs is 3. The van der Waals surface area contributed by atoms with Crippen molar-refractivity contribution in [2.45, 2.75) is 18.4 Å². The highest BCUT2D eigenvalue weighted by Crippen LogP contribution is 2.48. The minimum Gasteiger partial charge on any atom is -0.357 e. The molecule has 5 heteroatoms. The zero-order chi connectivity index (χ0) is 13.2. The molecule has 2 N–H and O–H groups in total. The molecule has 0 radical (unpaired) electrons. The van der Waals surface area contributed by atoms with E-state index in [1.165, 1.54) is 0 Å². The van der Waals surface area contributed by atoms with Gasteiger partial charge in [0.2, 0.25) is 5.91 Å². The molecule has 0 unspecified atom stereocenters. The van der Waals surface area contributed by atoms with Crippen molar-refractivity contribution in [2.75, 3.05) is 29.8 Å². The van der Waals surface area contributed by atoms with E-state index in [0.717, 1.165) is 36.4 Å². The Labute approximate surface area is 119 Å². The van der Waals surface area contributed by atoms with Gasteiger partial charge in [0, 0.05) is 18.5 Å². The first-order valence-electron chi connectivity index (χ1n) is 7.05. The summed E-state index contributed by atoms with van der Waals surface area (Å²) in [4.78, 5) is 13.7. The first-order chi connectivity index (χ1) is 9.10. The summed E-state index contributed by atoms with van der Waals surface area (Å²) < 4.78 is 16.3. The van der Waals surface area contributed by atoms with Crippen molar-refractivity contribution in [2.24, 2.45) is 0 Å². The number of hydrogen-bond donors (Lipinski definition) is 2. The molecule has 2 atom stereocenters. The standard InChI is InChI=1S/C13H15N3O.BrH/c17-12-7-16-11-4-5-14-6-9(11)8-2-1-3-10(15-12)13(8)16;/h1-3,9,11,14H,4-7H2,(H,15,17);1H/t9-,11-;/m0./s1/i7D2;. The number of anilines is 2. The highest BCUT2D eigenvalue weighted by atomic mass is 79.9. The molecular weight excluding hydrogens is 294 g/mol. The molecule has 0 aliphatic carbocycles. The molecule has 1 aromatic rings. The largest absolute Gasteiger partial charge is 0.357 e. The summed E-state index contributed by atoms with van der Waals surface area (Å²) in [7, 11) is 0. The van der Waals surface area contributed by atoms with Gasteiger partial charge in [-0.25, -0.2) is 0 Å². The average Bonchev–Trinajstić information content (AvgIpc) is 2.74. The number of nitrogens with one attached hydrogen (secondary N) is 2. The Balaban J connectivity index is 0.00000121. The van der Waals surface area contributed by atoms with E-state index in [2.05, 4.69) is 16.7 Å². The fraction of sp³-hybridized carbons (Fsp3) is 0.462. The van der Waals surface area contributed by atoms with Crippen molar-refractivity contribution in [3.63, 3.8) is 0 Å². The summed E-state index contributed by atoms with van der Waals surface area (Å²) in [5, 5.41) is 6.06. The van der Waals surface area contributed by atoms with Gasteiger partial charge in [-0.1, -0.05) is 12.1 Å². The Morgan fingerprint density at radius 3 is 3.22 bits per heavy atom. The highest BCUT2D eigenvalue weighted by Gasteiger charge is 2.43. The molecule has 3 aliphatic heterocycles. The fourth-order valence-corrected chi connectivity index (χ4v) is 3.27. The van der Waals surface area contributed by atoms with Crippen LogP contribution >= 0.6 is 17.0 Å². The Hall–Kier alpha value is -1.07. The molecule has 1 amide bonds. The lowest BCUT2D eigenvalue weighted by atomic mass is 9.90. The summed E-state index contributed by atoms with van der Waals surface area (Å²) in [6.07, 6.45) is 0.867. The Morgan fingerprint density at radius 1 is 1.44 bits per heavy atom. The molecule has 3 heterocycles. The van der Waals surface area contributed by atoms with Crippen molar-refractivity contribution in [3.05, 3.63) is 23.8 Å². The van der Waals surface area contributed by atoms with Crippen LogP contribution in [0.1, 0.15) is 20.6 Å². The van der Waals surface area contributed by atoms with Crippen molar-refractivity contribution in [1.29, 1.82) is 0 Å². The lowest BCUT2D eigenvalue weighted by molar-refractivity contribution is -0.115. The van der Waals surface area contributed by atoms with Crippen LogP contribution in [0.25, 0.3) is 0 Å². The van der Waals surface area contributed by atoms with Gasteiger partial charge in [-0.15, -0.1) is 17.0 Å². The second-order valence-electron chi connectivity index (χ2n) is 4.85. The van der Waals surface area contributed by atoms with Gasteiger partial charge in [-0.05, 0) is 24.6 Å². The number of piperidine rings is 1. The van der Waals surface area contributed by atoms with E-state index in [1.807, 2.05) is 12.1 Å². The minimum absolute atomic E-state index is 0. The van der Waals surface area contributed by atoms with Crippen LogP contribution in [0.2, 0.25) is 0 Å². The highest BCUT2D eigenvalue weighted by molar-refractivity contribution is 8.93. The molecule has 0 bridgehead atoms. The summed E-state index contributed by atoms with van der Waals surface area (Å²) >= 11 is 0. The quantitative estimate of drug-likeness (QED) is 0.763. The van der Waals surface area contributed by atoms with E-state index in [9.17, 15) is 4.79 Å². The molecular formula is C13H16BrN3O. The number of halogens is 1. The van der Waals surface area contributed by atoms with E-state index in [-0.39, 0.29) is 28.9 Å². The molecule has 1 aromatic carbocycles. The SMILES string of the molecule is Br.[2H]C1([2H])C(=O)Nc2cccc3c2N1[C@H]1CCNC[C@@H]31. The second-order valence-corrected chi connectivity index (χ2v) is 4.85. The first-order valence-corrected chi connectivity index (χ1v) is 6.05. The van der Waals surface area contributed by atoms with Crippen LogP contribution in [0.5, 0.6) is 0 Å². The van der Waals surface area contributed by atoms with Gasteiger partial charge < -0.3 is 15.5 Å². The van der Waals surface area contributed by atoms with Crippen molar-refractivity contribution in [3.8, 4) is 0 Å². The molecule has 18 heavy (non-hydrogen) atoms. The molecule has 4 rings (SSSR count). The van der Waals surface area contributed by atoms with E-state index < -0.39 is 12.4 Å². The molecule has 3 aliphatic rings. The van der Waals surface area contributed by atoms with E-state index in [1.54, 1.807) is 4.90 Å². The average molecular weight is 312 g/mol. The molecule has 0 spiro atoms. The Bertz CT molecular complexity index is 581. The molecule has 0 aromatic heterocycles. The van der Waals surface area contributed by atoms with Gasteiger partial charge in [-0.3, -0.25) is 4.79 Å². The summed E-state index contributed by atoms with van der Waals surface area (Å²) in [6, 6.07) is 5.92. The van der Waals surface area contributed by atoms with E-state index in [0.29, 0.717) is 0 Å². The summed E-state index contributed by atoms with van der Waals surface area (Å²) in [5.41, 5.74) is 2.77. The Morgan fingerprint density at radius 2 is 2.33 bits per heavy atom. The van der Waals surface area contributed by atoms with Gasteiger partial charge in [0.25, 0.3) is 0 Å². The van der Waals surface area contributed by atoms with Crippen LogP contribution in [-0.4, -0.2) is 31.5 Å². The van der Waals surface area contributed by atoms with E-state index >= 15 is 0 Å². The number of hydrogen-bond acceptors (Lipinski definition) is 3. The van der Waals surface area contributed by atoms with Crippen molar-refractivity contribution >= 4 is 34.3 Å². The summed E-state index contributed by atoms with van der Waals surface area (Å²) in [5.74, 6) is -0.289. The lowest BCUT2D eigenvalue weighted by Gasteiger charge is -2.35. The molecule has 0 saturated carbocycles. The number of para-hydroxylation sites is 1. The van der Waals surface area contributed by atoms with Gasteiger partial charge in [0.15, 0.2) is 0 Å². The maximum absolute atomic E-state index is 12.0. The molecule has 4 nitrogen and oxygen atoms in total. The topological polar surface area (TPSA) is 44.4 Å². The number of carbonyl (C=O) groups is 1. The normalized spacial score (nSPS) is 32.4. The summed E-state index contributed by atoms with van der Waals surface area (Å²) in [6.45, 7) is -0.236. The fourth-order valence-electron chi connectivity index (χ4n) is 3.27. The van der Waals surface area contributed by atoms with Gasteiger partial charge >= 0.3 is 0 Å². The van der Waals surface area contributed by atoms with Crippen LogP contribution in [-0.2, 0) is 4.79 Å². The lowest BCUT2D eigenvalue weighted by Crippen LogP contribution is -2.48. The maximum atomic E-state index is 12.0. The third-order valence-electron chi connectivity index (χ3n) is 3.96. The predicted octanol–water partition coefficient (Wildman–Crippen LogP) is 1.48. The third kappa shape index (κ3) is 1.50. The number of nitrogens with zero attached hydrogens (tertiary/aromatic N) is 1. The van der Waals surface area contributed by atoms with Crippen LogP contribution < -0.4 is 15.5 Å². The minimum atomic E-state index is -1.96. The second kappa shape index (κ2) is 4.24. The number of carbonyl (C=O) groups excluding carboxylic acids is 1. The Kier molecular flexibility index (Phi) is 2.31. The molecule has 96 valence electrons. The van der Waals surface area contributed by atoms with Gasteiger partial charge in [0.1, 0.15) is 0 Å². The smallest absolute Gasteiger partial charge is 0.243 e. The first kappa shape index (κ1) is 9.81. The number of amides is 1. The number of benzene rings is 1. The number of rotatable bonds is 0. The van der Waals surface area contributed by atoms with Gasteiger partial charge in [-0.2, -0.15) is 0 Å². The zero-order valence-corrected chi connectivity index (χ0v) is 11.5. The predicted molar refractivity (Wildman–Crippen MR) is 76.8 cm³/mol. The van der Waals surface area contributed by atoms with Crippen LogP contribution in [0, 0.1) is 0 Å². The van der Waals surface area contributed by atoms with Crippen LogP contribution in [0.15, 0.2) is 18.2 Å². The van der Waals surface area contributed by atoms with E-state index in [4.69, 9.17) is 2.74 Å². The zero-order valence-electron chi connectivity index (χ0n) is 11.8. The molecule has 1 saturated heterocycles. The van der Waals surface area contributed by atoms with Crippen LogP contribution in [0.3, 0.4) is 0 Å².